The molecule has 0 aliphatic heterocycles. The lowest BCUT2D eigenvalue weighted by Gasteiger charge is -2.19. The number of ketones is 1. The topological polar surface area (TPSA) is 150 Å². The van der Waals surface area contributed by atoms with Crippen molar-refractivity contribution in [3.05, 3.63) is 11.9 Å². The van der Waals surface area contributed by atoms with E-state index in [9.17, 15) is 30.0 Å². The van der Waals surface area contributed by atoms with Crippen LogP contribution in [0.2, 0.25) is 0 Å². The van der Waals surface area contributed by atoms with Crippen LogP contribution in [-0.4, -0.2) is 77.5 Å². The van der Waals surface area contributed by atoms with E-state index >= 15 is 0 Å². The lowest BCUT2D eigenvalue weighted by atomic mass is 9.88. The van der Waals surface area contributed by atoms with Crippen LogP contribution in [0.3, 0.4) is 0 Å². The second-order valence-corrected chi connectivity index (χ2v) is 50.6. The summed E-state index contributed by atoms with van der Waals surface area (Å²) >= 11 is 0. The quantitative estimate of drug-likeness (QED) is 0.0581. The first-order valence-electron chi connectivity index (χ1n) is 41.7. The van der Waals surface area contributed by atoms with Gasteiger partial charge in [0.25, 0.3) is 0 Å². The summed E-state index contributed by atoms with van der Waals surface area (Å²) in [5, 5.41) is 8.47. The maximum atomic E-state index is 12.0. The Balaban J connectivity index is -0.000000586. The molecule has 13 heteroatoms. The predicted octanol–water partition coefficient (Wildman–Crippen LogP) is 28.0. The van der Waals surface area contributed by atoms with Gasteiger partial charge in [-0.2, -0.15) is 0 Å². The first kappa shape index (κ1) is 106. The van der Waals surface area contributed by atoms with Gasteiger partial charge in [-0.1, -0.05) is 337 Å². The first-order chi connectivity index (χ1) is 45.7. The molecule has 0 fully saturated rings. The summed E-state index contributed by atoms with van der Waals surface area (Å²) in [5.74, 6) is 1.41. The van der Waals surface area contributed by atoms with Gasteiger partial charge in [0.05, 0.1) is 37.2 Å². The number of Topliss-reactive ketones (excluding diaryl/α,β-unsaturated/α-hetero) is 1. The summed E-state index contributed by atoms with van der Waals surface area (Å²) in [5.41, 5.74) is 3.73. The summed E-state index contributed by atoms with van der Waals surface area (Å²) in [4.78, 5) is 11.8. The van der Waals surface area contributed by atoms with Gasteiger partial charge in [0, 0.05) is 31.0 Å². The predicted molar refractivity (Wildman–Crippen MR) is 450 cm³/mol. The fraction of sp³-hybridized carbons (Fsp3) is 0.966. The zero-order valence-electron chi connectivity index (χ0n) is 73.8. The van der Waals surface area contributed by atoms with Gasteiger partial charge in [-0.3, -0.25) is 9.48 Å². The third-order valence-electron chi connectivity index (χ3n) is 18.8. The number of rotatable bonds is 45. The molecule has 0 aromatic carbocycles. The maximum Gasteiger partial charge on any atom is 0.155 e. The van der Waals surface area contributed by atoms with Gasteiger partial charge in [0.2, 0.25) is 0 Å². The lowest BCUT2D eigenvalue weighted by molar-refractivity contribution is -0.120. The van der Waals surface area contributed by atoms with Crippen molar-refractivity contribution in [1.29, 1.82) is 0 Å². The van der Waals surface area contributed by atoms with Crippen LogP contribution < -0.4 is 0 Å². The van der Waals surface area contributed by atoms with Gasteiger partial charge < -0.3 is 0 Å². The van der Waals surface area contributed by atoms with Crippen molar-refractivity contribution >= 4 is 35.3 Å². The molecule has 1 heterocycles. The van der Waals surface area contributed by atoms with Crippen molar-refractivity contribution in [1.82, 2.24) is 15.0 Å². The normalized spacial score (nSPS) is 13.3. The van der Waals surface area contributed by atoms with Gasteiger partial charge >= 0.3 is 0 Å². The third-order valence-corrected chi connectivity index (χ3v) is 26.9. The van der Waals surface area contributed by atoms with E-state index in [0.717, 1.165) is 82.9 Å². The molecule has 0 amide bonds. The number of nitrogens with zero attached hydrogens (tertiary/aromatic N) is 3. The van der Waals surface area contributed by atoms with Crippen LogP contribution in [-0.2, 0) is 46.3 Å². The van der Waals surface area contributed by atoms with E-state index in [4.69, 9.17) is 0 Å². The number of sulfone groups is 3. The molecule has 0 bridgehead atoms. The summed E-state index contributed by atoms with van der Waals surface area (Å²) in [6, 6.07) is 0. The summed E-state index contributed by atoms with van der Waals surface area (Å²) in [7, 11) is -8.78. The van der Waals surface area contributed by atoms with E-state index in [2.05, 4.69) is 162 Å². The molecule has 0 atom stereocenters. The number of carbonyl (C=O) groups is 1. The number of aryl methyl sites for hydroxylation is 1. The molecule has 0 aliphatic carbocycles. The van der Waals surface area contributed by atoms with Crippen molar-refractivity contribution < 1.29 is 30.0 Å². The van der Waals surface area contributed by atoms with Crippen molar-refractivity contribution in [2.75, 3.05) is 17.3 Å². The maximum absolute atomic E-state index is 12.0. The highest BCUT2D eigenvalue weighted by molar-refractivity contribution is 7.93. The van der Waals surface area contributed by atoms with Gasteiger partial charge in [-0.15, -0.1) is 5.10 Å². The number of hydrogen-bond donors (Lipinski definition) is 0. The molecular formula is C88H181N3O7S3. The zero-order chi connectivity index (χ0) is 79.2. The minimum atomic E-state index is -2.95. The molecule has 0 aliphatic rings. The Morgan fingerprint density at radius 1 is 0.287 bits per heavy atom. The molecular weight excluding hydrogens is 1310 g/mol. The van der Waals surface area contributed by atoms with E-state index in [-0.39, 0.29) is 10.8 Å². The van der Waals surface area contributed by atoms with Gasteiger partial charge in [0.1, 0.15) is 5.78 Å². The average Bonchev–Trinajstić information content (AvgIpc) is 1.01. The highest BCUT2D eigenvalue weighted by Gasteiger charge is 2.30. The minimum absolute atomic E-state index is 0.102. The monoisotopic (exact) mass is 1490 g/mol. The molecule has 1 aromatic heterocycles. The Kier molecular flexibility index (Phi) is 55.3. The standard InChI is InChI=1S/C21H42O3S.C18H38O2S.C18H38.C17H33N3.C14H30O2S/c1-20(2,3)18-19(22)16-14-12-10-8-7-9-11-13-15-17-25(23,24)21(4,5)6;1-17(2,3)15-13-11-9-7-8-10-12-14-16-21(19,20)18(4,5)6;1-17(2,3)15-13-11-9-7-8-10-12-14-16-18(4,5)6;1-16(2,3)12-10-8-7-9-11-13-20-14-15(18-19-20)17(4,5)6;1-13(2,3)11-9-7-8-10-12-17(15,16)14(4,5)6/h7-18H2,1-6H3;7-16H2,1-6H3;7-16H2,1-6H3;14H,7-13H2,1-6H3;7-12H2,1-6H3. The molecule has 101 heavy (non-hydrogen) atoms. The molecule has 1 rings (SSSR count). The Bertz CT molecular complexity index is 2470. The Labute approximate surface area is 635 Å². The Morgan fingerprint density at radius 3 is 0.693 bits per heavy atom. The highest BCUT2D eigenvalue weighted by Crippen LogP contribution is 2.29. The fourth-order valence-electron chi connectivity index (χ4n) is 11.3. The molecule has 1 aromatic rings. The van der Waals surface area contributed by atoms with Crippen molar-refractivity contribution in [2.24, 2.45) is 32.5 Å². The van der Waals surface area contributed by atoms with Crippen LogP contribution in [0.4, 0.5) is 0 Å². The van der Waals surface area contributed by atoms with Crippen LogP contribution in [0.1, 0.15) is 477 Å². The molecule has 0 saturated heterocycles. The largest absolute Gasteiger partial charge is 0.300 e. The van der Waals surface area contributed by atoms with E-state index in [1.54, 1.807) is 62.3 Å². The van der Waals surface area contributed by atoms with Crippen LogP contribution >= 0.6 is 0 Å². The Morgan fingerprint density at radius 2 is 0.495 bits per heavy atom. The Hall–Kier alpha value is -1.34. The van der Waals surface area contributed by atoms with E-state index in [1.165, 1.54) is 186 Å². The lowest BCUT2D eigenvalue weighted by Crippen LogP contribution is -2.30. The fourth-order valence-corrected chi connectivity index (χ4v) is 14.9. The second kappa shape index (κ2) is 52.7. The minimum Gasteiger partial charge on any atom is -0.300 e. The van der Waals surface area contributed by atoms with Crippen LogP contribution in [0.5, 0.6) is 0 Å². The average molecular weight is 1490 g/mol. The third kappa shape index (κ3) is 72.6. The van der Waals surface area contributed by atoms with E-state index < -0.39 is 43.8 Å². The molecule has 608 valence electrons. The smallest absolute Gasteiger partial charge is 0.155 e. The number of hydrogen-bond acceptors (Lipinski definition) is 9. The zero-order valence-corrected chi connectivity index (χ0v) is 76.3. The second-order valence-electron chi connectivity index (χ2n) is 42.0. The summed E-state index contributed by atoms with van der Waals surface area (Å²) < 4.78 is 71.7. The number of aromatic nitrogens is 3. The van der Waals surface area contributed by atoms with Gasteiger partial charge in [-0.25, -0.2) is 25.3 Å². The SMILES string of the molecule is CC(C)(C)CC(=O)CCCCCCCCCCCS(=O)(=O)C(C)(C)C.CC(C)(C)CCCCCCCCCCC(C)(C)C.CC(C)(C)CCCCCCCCCCS(=O)(=O)C(C)(C)C.CC(C)(C)CCCCCCCn1cc(C(C)(C)C)nn1.CC(C)(C)CCCCCCS(=O)(=O)C(C)(C)C. The summed E-state index contributed by atoms with van der Waals surface area (Å²) in [6.07, 6.45) is 52.1. The number of unbranched alkanes of at least 4 members (excludes halogenated alkanes) is 29. The summed E-state index contributed by atoms with van der Waals surface area (Å²) in [6.45, 7) is 64.6. The highest BCUT2D eigenvalue weighted by atomic mass is 32.2. The van der Waals surface area contributed by atoms with Gasteiger partial charge in [0.15, 0.2) is 29.5 Å². The van der Waals surface area contributed by atoms with Crippen LogP contribution in [0.25, 0.3) is 0 Å². The van der Waals surface area contributed by atoms with Crippen molar-refractivity contribution in [3.8, 4) is 0 Å². The first-order valence-corrected chi connectivity index (χ1v) is 46.7. The van der Waals surface area contributed by atoms with Crippen molar-refractivity contribution in [2.45, 2.75) is 497 Å². The number of carbonyl (C=O) groups excluding carboxylic acids is 1. The van der Waals surface area contributed by atoms with E-state index in [0.29, 0.717) is 56.5 Å². The molecule has 0 spiro atoms. The van der Waals surface area contributed by atoms with Crippen LogP contribution in [0, 0.1) is 32.5 Å². The molecule has 10 nitrogen and oxygen atoms in total. The van der Waals surface area contributed by atoms with Gasteiger partial charge in [-0.05, 0) is 159 Å². The van der Waals surface area contributed by atoms with Crippen molar-refractivity contribution in [3.63, 3.8) is 0 Å². The van der Waals surface area contributed by atoms with E-state index in [1.807, 2.05) is 4.68 Å². The molecule has 0 unspecified atom stereocenters. The molecule has 0 saturated carbocycles. The molecule has 0 N–H and O–H groups in total. The molecule has 0 radical (unpaired) electrons. The van der Waals surface area contributed by atoms with Crippen LogP contribution in [0.15, 0.2) is 6.20 Å².